The molecule has 0 atom stereocenters. The van der Waals surface area contributed by atoms with Crippen LogP contribution in [0, 0.1) is 0 Å². The summed E-state index contributed by atoms with van der Waals surface area (Å²) in [6, 6.07) is 7.01. The number of nitrogens with zero attached hydrogens (tertiary/aromatic N) is 4. The van der Waals surface area contributed by atoms with E-state index in [0.29, 0.717) is 17.9 Å². The van der Waals surface area contributed by atoms with Gasteiger partial charge in [-0.05, 0) is 23.2 Å². The first-order valence-electron chi connectivity index (χ1n) is 7.67. The van der Waals surface area contributed by atoms with Crippen molar-refractivity contribution in [2.75, 3.05) is 5.32 Å². The van der Waals surface area contributed by atoms with Gasteiger partial charge in [0.1, 0.15) is 11.6 Å². The van der Waals surface area contributed by atoms with E-state index in [0.717, 1.165) is 11.8 Å². The molecule has 2 aromatic heterocycles. The lowest BCUT2D eigenvalue weighted by atomic mass is 10.1. The molecule has 9 heteroatoms. The molecule has 0 saturated heterocycles. The van der Waals surface area contributed by atoms with Gasteiger partial charge in [-0.2, -0.15) is 13.2 Å². The minimum absolute atomic E-state index is 0.0362. The number of imidazole rings is 1. The Morgan fingerprint density at radius 3 is 2.60 bits per heavy atom. The van der Waals surface area contributed by atoms with Gasteiger partial charge in [0.2, 0.25) is 5.28 Å². The lowest BCUT2D eigenvalue weighted by molar-refractivity contribution is -0.140. The lowest BCUT2D eigenvalue weighted by Gasteiger charge is -2.07. The summed E-state index contributed by atoms with van der Waals surface area (Å²) in [7, 11) is 1.52. The smallest absolute Gasteiger partial charge is 0.366 e. The number of aryl methyl sites for hydroxylation is 1. The molecule has 0 aliphatic carbocycles. The third-order valence-electron chi connectivity index (χ3n) is 3.42. The molecular weight excluding hydrogens is 355 g/mol. The number of benzene rings is 1. The van der Waals surface area contributed by atoms with Crippen LogP contribution in [0.4, 0.5) is 19.0 Å². The second kappa shape index (κ2) is 6.72. The molecule has 0 aliphatic rings. The minimum Gasteiger partial charge on any atom is -0.366 e. The van der Waals surface area contributed by atoms with Crippen LogP contribution in [-0.4, -0.2) is 19.5 Å². The van der Waals surface area contributed by atoms with Crippen LogP contribution in [0.1, 0.15) is 12.6 Å². The summed E-state index contributed by atoms with van der Waals surface area (Å²) in [6.45, 7) is 0.369. The van der Waals surface area contributed by atoms with Crippen LogP contribution in [0.3, 0.4) is 0 Å². The number of hydrogen-bond donors (Lipinski definition) is 1. The Bertz CT molecular complexity index is 925. The largest absolute Gasteiger partial charge is 0.434 e. The normalized spacial score (nSPS) is 12.1. The Morgan fingerprint density at radius 1 is 1.24 bits per heavy atom. The molecule has 0 fully saturated rings. The molecule has 3 rings (SSSR count). The molecule has 0 radical (unpaired) electrons. The van der Waals surface area contributed by atoms with Crippen molar-refractivity contribution in [3.05, 3.63) is 59.2 Å². The lowest BCUT2D eigenvalue weighted by Crippen LogP contribution is -2.04. The van der Waals surface area contributed by atoms with Crippen molar-refractivity contribution in [1.82, 2.24) is 19.5 Å². The molecule has 130 valence electrons. The summed E-state index contributed by atoms with van der Waals surface area (Å²) in [5, 5.41) is 3.01. The second-order valence-electron chi connectivity index (χ2n) is 5.24. The van der Waals surface area contributed by atoms with Crippen LogP contribution < -0.4 is 5.32 Å². The summed E-state index contributed by atoms with van der Waals surface area (Å²) in [5.74, 6) is 0.529. The first kappa shape index (κ1) is 15.9. The zero-order valence-corrected chi connectivity index (χ0v) is 13.7. The number of hydrogen-bond acceptors (Lipinski definition) is 4. The molecule has 2 heterocycles. The van der Waals surface area contributed by atoms with Gasteiger partial charge in [0, 0.05) is 31.5 Å². The Balaban J connectivity index is 1.75. The maximum Gasteiger partial charge on any atom is 0.434 e. The van der Waals surface area contributed by atoms with Crippen LogP contribution in [0.25, 0.3) is 11.4 Å². The van der Waals surface area contributed by atoms with Crippen LogP contribution in [0.2, 0.25) is 5.28 Å². The van der Waals surface area contributed by atoms with Crippen molar-refractivity contribution in [2.45, 2.75) is 12.7 Å². The highest BCUT2D eigenvalue weighted by Gasteiger charge is 2.34. The fourth-order valence-corrected chi connectivity index (χ4v) is 2.35. The number of halogens is 4. The molecular formula is C16H13ClF3N5. The van der Waals surface area contributed by atoms with Gasteiger partial charge in [0.15, 0.2) is 5.69 Å². The van der Waals surface area contributed by atoms with E-state index in [9.17, 15) is 13.2 Å². The highest BCUT2D eigenvalue weighted by molar-refractivity contribution is 6.28. The van der Waals surface area contributed by atoms with E-state index in [-0.39, 0.29) is 17.2 Å². The van der Waals surface area contributed by atoms with Gasteiger partial charge in [0.05, 0.1) is 1.37 Å². The zero-order chi connectivity index (χ0) is 18.9. The summed E-state index contributed by atoms with van der Waals surface area (Å²) in [6.07, 6.45) is -2.23. The van der Waals surface area contributed by atoms with Crippen LogP contribution >= 0.6 is 11.6 Å². The predicted octanol–water partition coefficient (Wildman–Crippen LogP) is 4.16. The van der Waals surface area contributed by atoms with E-state index in [1.807, 2.05) is 0 Å². The van der Waals surface area contributed by atoms with Gasteiger partial charge in [0.25, 0.3) is 0 Å². The van der Waals surface area contributed by atoms with Crippen molar-refractivity contribution in [3.8, 4) is 11.4 Å². The van der Waals surface area contributed by atoms with Crippen molar-refractivity contribution >= 4 is 17.4 Å². The zero-order valence-electron chi connectivity index (χ0n) is 14.0. The fraction of sp³-hybridized carbons (Fsp3) is 0.188. The highest BCUT2D eigenvalue weighted by Crippen LogP contribution is 2.30. The summed E-state index contributed by atoms with van der Waals surface area (Å²) in [4.78, 5) is 11.3. The molecule has 0 saturated carbocycles. The van der Waals surface area contributed by atoms with Crippen LogP contribution in [0.15, 0.2) is 42.7 Å². The monoisotopic (exact) mass is 368 g/mol. The van der Waals surface area contributed by atoms with Crippen LogP contribution in [0.5, 0.6) is 0 Å². The Kier molecular flexibility index (Phi) is 4.27. The Hall–Kier alpha value is -2.61. The standard InChI is InChI=1S/C16H13ClF3N5/c1-25-9-12(16(18,19)20)23-14(25)11-4-2-10(3-5-11)8-22-13-6-7-21-15(17)24-13/h2-7,9H,8H2,1H3,(H,21,22,24)/i6D. The maximum atomic E-state index is 12.8. The number of anilines is 1. The quantitative estimate of drug-likeness (QED) is 0.702. The summed E-state index contributed by atoms with van der Waals surface area (Å²) >= 11 is 5.70. The first-order chi connectivity index (χ1) is 12.2. The average Bonchev–Trinajstić information content (AvgIpc) is 2.98. The second-order valence-corrected chi connectivity index (χ2v) is 5.58. The van der Waals surface area contributed by atoms with E-state index < -0.39 is 11.9 Å². The summed E-state index contributed by atoms with van der Waals surface area (Å²) in [5.41, 5.74) is 0.496. The van der Waals surface area contributed by atoms with Gasteiger partial charge < -0.3 is 9.88 Å². The highest BCUT2D eigenvalue weighted by atomic mass is 35.5. The van der Waals surface area contributed by atoms with E-state index in [1.54, 1.807) is 24.3 Å². The van der Waals surface area contributed by atoms with E-state index in [4.69, 9.17) is 13.0 Å². The van der Waals surface area contributed by atoms with Crippen LogP contribution in [-0.2, 0) is 19.8 Å². The molecule has 3 aromatic rings. The number of rotatable bonds is 4. The molecule has 0 bridgehead atoms. The number of alkyl halides is 3. The minimum atomic E-state index is -4.48. The van der Waals surface area contributed by atoms with Crippen molar-refractivity contribution in [2.24, 2.45) is 7.05 Å². The van der Waals surface area contributed by atoms with Gasteiger partial charge >= 0.3 is 6.18 Å². The summed E-state index contributed by atoms with van der Waals surface area (Å²) < 4.78 is 47.3. The molecule has 0 unspecified atom stereocenters. The Labute approximate surface area is 147 Å². The van der Waals surface area contributed by atoms with E-state index in [2.05, 4.69) is 20.3 Å². The predicted molar refractivity (Wildman–Crippen MR) is 88.0 cm³/mol. The molecule has 1 aromatic carbocycles. The van der Waals surface area contributed by atoms with Gasteiger partial charge in [-0.25, -0.2) is 15.0 Å². The van der Waals surface area contributed by atoms with Crippen molar-refractivity contribution in [3.63, 3.8) is 0 Å². The van der Waals surface area contributed by atoms with Gasteiger partial charge in [-0.15, -0.1) is 0 Å². The third kappa shape index (κ3) is 4.08. The van der Waals surface area contributed by atoms with E-state index in [1.165, 1.54) is 17.8 Å². The maximum absolute atomic E-state index is 12.8. The molecule has 25 heavy (non-hydrogen) atoms. The van der Waals surface area contributed by atoms with Crippen molar-refractivity contribution in [1.29, 1.82) is 0 Å². The third-order valence-corrected chi connectivity index (χ3v) is 3.60. The van der Waals surface area contributed by atoms with Gasteiger partial charge in [-0.3, -0.25) is 0 Å². The first-order valence-corrected chi connectivity index (χ1v) is 7.54. The molecule has 0 aliphatic heterocycles. The van der Waals surface area contributed by atoms with Crippen molar-refractivity contribution < 1.29 is 14.5 Å². The fourth-order valence-electron chi connectivity index (χ4n) is 2.22. The molecule has 0 spiro atoms. The van der Waals surface area contributed by atoms with E-state index >= 15 is 0 Å². The molecule has 1 N–H and O–H groups in total. The average molecular weight is 369 g/mol. The SMILES string of the molecule is [2H]c1cnc(Cl)nc1NCc1ccc(-c2nc(C(F)(F)F)cn2C)cc1. The number of nitrogens with one attached hydrogen (secondary N) is 1. The topological polar surface area (TPSA) is 55.6 Å². The van der Waals surface area contributed by atoms with Gasteiger partial charge in [-0.1, -0.05) is 24.3 Å². The molecule has 0 amide bonds. The Morgan fingerprint density at radius 2 is 1.96 bits per heavy atom. The number of aromatic nitrogens is 4. The molecule has 5 nitrogen and oxygen atoms in total.